The van der Waals surface area contributed by atoms with E-state index in [1.165, 1.54) is 16.0 Å². The number of imide groups is 1. The lowest BCUT2D eigenvalue weighted by Crippen LogP contribution is -2.40. The summed E-state index contributed by atoms with van der Waals surface area (Å²) >= 11 is 3.45. The van der Waals surface area contributed by atoms with Crippen LogP contribution >= 0.6 is 15.9 Å². The van der Waals surface area contributed by atoms with Crippen LogP contribution in [0.5, 0.6) is 5.75 Å². The Balaban J connectivity index is 1.61. The van der Waals surface area contributed by atoms with Crippen molar-refractivity contribution in [3.63, 3.8) is 0 Å². The third-order valence-corrected chi connectivity index (χ3v) is 6.13. The maximum Gasteiger partial charge on any atom is 0.325 e. The molecular formula is C21H21BrN2O3. The van der Waals surface area contributed by atoms with E-state index >= 15 is 0 Å². The molecule has 0 aromatic heterocycles. The van der Waals surface area contributed by atoms with Gasteiger partial charge in [0.2, 0.25) is 0 Å². The van der Waals surface area contributed by atoms with Crippen LogP contribution < -0.4 is 10.1 Å². The van der Waals surface area contributed by atoms with E-state index in [-0.39, 0.29) is 18.5 Å². The first-order valence-corrected chi connectivity index (χ1v) is 9.80. The highest BCUT2D eigenvalue weighted by molar-refractivity contribution is 9.10. The Hall–Kier alpha value is -2.34. The van der Waals surface area contributed by atoms with E-state index in [1.807, 2.05) is 24.3 Å². The third kappa shape index (κ3) is 3.02. The zero-order valence-corrected chi connectivity index (χ0v) is 16.9. The van der Waals surface area contributed by atoms with Gasteiger partial charge in [-0.05, 0) is 76.5 Å². The maximum absolute atomic E-state index is 13.2. The summed E-state index contributed by atoms with van der Waals surface area (Å²) in [5.74, 6) is 0.483. The molecule has 0 saturated carbocycles. The maximum atomic E-state index is 13.2. The minimum Gasteiger partial charge on any atom is -0.496 e. The first-order valence-electron chi connectivity index (χ1n) is 9.01. The second-order valence-corrected chi connectivity index (χ2v) is 8.11. The van der Waals surface area contributed by atoms with Gasteiger partial charge in [-0.25, -0.2) is 4.79 Å². The number of amides is 3. The predicted molar refractivity (Wildman–Crippen MR) is 106 cm³/mol. The Bertz CT molecular complexity index is 943. The number of fused-ring (bicyclic) bond motifs is 1. The number of ether oxygens (including phenoxy) is 1. The van der Waals surface area contributed by atoms with Crippen molar-refractivity contribution in [2.24, 2.45) is 0 Å². The van der Waals surface area contributed by atoms with Crippen molar-refractivity contribution in [2.45, 2.75) is 38.3 Å². The van der Waals surface area contributed by atoms with Gasteiger partial charge in [0.1, 0.15) is 11.3 Å². The van der Waals surface area contributed by atoms with Gasteiger partial charge in [-0.2, -0.15) is 0 Å². The van der Waals surface area contributed by atoms with Crippen LogP contribution in [0.3, 0.4) is 0 Å². The van der Waals surface area contributed by atoms with Crippen LogP contribution in [0.4, 0.5) is 4.79 Å². The number of carbonyl (C=O) groups is 2. The summed E-state index contributed by atoms with van der Waals surface area (Å²) in [7, 11) is 1.60. The molecule has 1 saturated heterocycles. The van der Waals surface area contributed by atoms with E-state index in [4.69, 9.17) is 4.74 Å². The van der Waals surface area contributed by atoms with Crippen molar-refractivity contribution in [1.82, 2.24) is 10.2 Å². The molecular weight excluding hydrogens is 408 g/mol. The Labute approximate surface area is 166 Å². The molecule has 2 aromatic carbocycles. The van der Waals surface area contributed by atoms with Gasteiger partial charge in [-0.3, -0.25) is 9.69 Å². The van der Waals surface area contributed by atoms with Crippen molar-refractivity contribution >= 4 is 27.9 Å². The van der Waals surface area contributed by atoms with Gasteiger partial charge in [0.05, 0.1) is 18.1 Å². The molecule has 3 amide bonds. The first kappa shape index (κ1) is 18.0. The molecule has 1 atom stereocenters. The van der Waals surface area contributed by atoms with E-state index in [1.54, 1.807) is 14.0 Å². The highest BCUT2D eigenvalue weighted by Gasteiger charge is 2.49. The fourth-order valence-corrected chi connectivity index (χ4v) is 4.50. The summed E-state index contributed by atoms with van der Waals surface area (Å²) in [4.78, 5) is 27.0. The molecule has 2 aromatic rings. The Morgan fingerprint density at radius 2 is 1.93 bits per heavy atom. The van der Waals surface area contributed by atoms with E-state index in [0.717, 1.165) is 34.9 Å². The minimum absolute atomic E-state index is 0.216. The molecule has 1 N–H and O–H groups in total. The van der Waals surface area contributed by atoms with Crippen molar-refractivity contribution in [3.05, 3.63) is 63.1 Å². The van der Waals surface area contributed by atoms with Crippen LogP contribution in [0.1, 0.15) is 35.6 Å². The topological polar surface area (TPSA) is 58.6 Å². The predicted octanol–water partition coefficient (Wildman–Crippen LogP) is 3.91. The lowest BCUT2D eigenvalue weighted by atomic mass is 9.89. The highest BCUT2D eigenvalue weighted by atomic mass is 79.9. The molecule has 27 heavy (non-hydrogen) atoms. The Kier molecular flexibility index (Phi) is 4.46. The molecule has 6 heteroatoms. The number of urea groups is 1. The number of rotatable bonds is 4. The van der Waals surface area contributed by atoms with Gasteiger partial charge < -0.3 is 10.1 Å². The number of nitrogens with one attached hydrogen (secondary N) is 1. The van der Waals surface area contributed by atoms with Crippen molar-refractivity contribution in [2.75, 3.05) is 7.11 Å². The van der Waals surface area contributed by atoms with Crippen molar-refractivity contribution in [3.8, 4) is 5.75 Å². The summed E-state index contributed by atoms with van der Waals surface area (Å²) < 4.78 is 6.02. The summed E-state index contributed by atoms with van der Waals surface area (Å²) in [5, 5.41) is 2.90. The molecule has 1 fully saturated rings. The fraction of sp³-hybridized carbons (Fsp3) is 0.333. The molecule has 140 valence electrons. The van der Waals surface area contributed by atoms with Gasteiger partial charge >= 0.3 is 6.03 Å². The molecule has 0 bridgehead atoms. The average molecular weight is 429 g/mol. The number of nitrogens with zero attached hydrogens (tertiary/aromatic N) is 1. The van der Waals surface area contributed by atoms with Gasteiger partial charge in [-0.15, -0.1) is 0 Å². The summed E-state index contributed by atoms with van der Waals surface area (Å²) in [5.41, 5.74) is 3.30. The largest absolute Gasteiger partial charge is 0.496 e. The molecule has 0 radical (unpaired) electrons. The van der Waals surface area contributed by atoms with E-state index in [9.17, 15) is 9.59 Å². The number of halogens is 1. The van der Waals surface area contributed by atoms with Crippen LogP contribution in [-0.4, -0.2) is 23.9 Å². The monoisotopic (exact) mass is 428 g/mol. The highest BCUT2D eigenvalue weighted by Crippen LogP contribution is 2.34. The smallest absolute Gasteiger partial charge is 0.325 e. The number of aryl methyl sites for hydroxylation is 2. The first-order chi connectivity index (χ1) is 12.9. The summed E-state index contributed by atoms with van der Waals surface area (Å²) in [6, 6.07) is 11.3. The average Bonchev–Trinajstić information content (AvgIpc) is 3.20. The molecule has 1 aliphatic heterocycles. The number of carbonyl (C=O) groups excluding carboxylic acids is 2. The van der Waals surface area contributed by atoms with Crippen molar-refractivity contribution in [1.29, 1.82) is 0 Å². The third-order valence-electron chi connectivity index (χ3n) is 5.51. The molecule has 2 aliphatic rings. The van der Waals surface area contributed by atoms with Crippen LogP contribution in [0.15, 0.2) is 40.9 Å². The van der Waals surface area contributed by atoms with E-state index in [2.05, 4.69) is 33.4 Å². The van der Waals surface area contributed by atoms with Gasteiger partial charge in [0.15, 0.2) is 0 Å². The standard InChI is InChI=1S/C21H21BrN2O3/c1-21(16-8-7-14-4-3-5-15(14)11-16)19(25)24(20(26)23-21)12-13-6-9-18(27-2)17(22)10-13/h6-11H,3-5,12H2,1-2H3,(H,23,26). The summed E-state index contributed by atoms with van der Waals surface area (Å²) in [6.07, 6.45) is 3.27. The van der Waals surface area contributed by atoms with Crippen molar-refractivity contribution < 1.29 is 14.3 Å². The van der Waals surface area contributed by atoms with Gasteiger partial charge in [0, 0.05) is 0 Å². The molecule has 0 spiro atoms. The molecule has 5 nitrogen and oxygen atoms in total. The van der Waals surface area contributed by atoms with Gasteiger partial charge in [0.25, 0.3) is 5.91 Å². The second kappa shape index (κ2) is 6.68. The number of hydrogen-bond acceptors (Lipinski definition) is 3. The fourth-order valence-electron chi connectivity index (χ4n) is 3.91. The quantitative estimate of drug-likeness (QED) is 0.750. The van der Waals surface area contributed by atoms with Gasteiger partial charge in [-0.1, -0.05) is 24.3 Å². The second-order valence-electron chi connectivity index (χ2n) is 7.25. The Morgan fingerprint density at radius 1 is 1.15 bits per heavy atom. The minimum atomic E-state index is -1.03. The Morgan fingerprint density at radius 3 is 2.67 bits per heavy atom. The zero-order valence-electron chi connectivity index (χ0n) is 15.3. The van der Waals surface area contributed by atoms with Crippen LogP contribution in [-0.2, 0) is 29.7 Å². The lowest BCUT2D eigenvalue weighted by molar-refractivity contribution is -0.131. The number of benzene rings is 2. The number of methoxy groups -OCH3 is 1. The molecule has 4 rings (SSSR count). The van der Waals surface area contributed by atoms with E-state index < -0.39 is 5.54 Å². The molecule has 1 aliphatic carbocycles. The molecule has 1 unspecified atom stereocenters. The summed E-state index contributed by atoms with van der Waals surface area (Å²) in [6.45, 7) is 2.00. The zero-order chi connectivity index (χ0) is 19.2. The molecule has 1 heterocycles. The van der Waals surface area contributed by atoms with Crippen LogP contribution in [0.2, 0.25) is 0 Å². The normalized spacial score (nSPS) is 21.4. The SMILES string of the molecule is COc1ccc(CN2C(=O)NC(C)(c3ccc4c(c3)CCC4)C2=O)cc1Br. The van der Waals surface area contributed by atoms with E-state index in [0.29, 0.717) is 5.75 Å². The number of hydrogen-bond donors (Lipinski definition) is 1. The lowest BCUT2D eigenvalue weighted by Gasteiger charge is -2.23. The van der Waals surface area contributed by atoms with Crippen LogP contribution in [0.25, 0.3) is 0 Å². The van der Waals surface area contributed by atoms with Crippen LogP contribution in [0, 0.1) is 0 Å².